The summed E-state index contributed by atoms with van der Waals surface area (Å²) in [7, 11) is 0. The van der Waals surface area contributed by atoms with Crippen molar-refractivity contribution in [1.82, 2.24) is 10.6 Å². The monoisotopic (exact) mass is 389 g/mol. The number of nitrogens with one attached hydrogen (secondary N) is 2. The molecule has 0 aliphatic rings. The molecule has 146 valence electrons. The van der Waals surface area contributed by atoms with Gasteiger partial charge in [-0.15, -0.1) is 12.4 Å². The molecule has 4 N–H and O–H groups in total. The van der Waals surface area contributed by atoms with E-state index in [0.717, 1.165) is 17.5 Å². The first kappa shape index (κ1) is 22.7. The molecule has 0 aliphatic carbocycles. The van der Waals surface area contributed by atoms with Crippen LogP contribution in [-0.2, 0) is 16.9 Å². The molecule has 2 atom stereocenters. The zero-order valence-electron chi connectivity index (χ0n) is 16.0. The van der Waals surface area contributed by atoms with Gasteiger partial charge in [-0.1, -0.05) is 49.4 Å². The summed E-state index contributed by atoms with van der Waals surface area (Å²) in [6, 6.07) is 16.6. The van der Waals surface area contributed by atoms with E-state index in [1.165, 1.54) is 0 Å². The van der Waals surface area contributed by atoms with Crippen LogP contribution >= 0.6 is 12.4 Å². The molecule has 2 unspecified atom stereocenters. The van der Waals surface area contributed by atoms with E-state index >= 15 is 0 Å². The predicted octanol–water partition coefficient (Wildman–Crippen LogP) is 3.13. The van der Waals surface area contributed by atoms with E-state index in [1.54, 1.807) is 19.1 Å². The van der Waals surface area contributed by atoms with Crippen LogP contribution in [0.4, 0.5) is 0 Å². The Bertz CT molecular complexity index is 763. The van der Waals surface area contributed by atoms with Crippen molar-refractivity contribution in [3.8, 4) is 0 Å². The average Bonchev–Trinajstić information content (AvgIpc) is 2.66. The van der Waals surface area contributed by atoms with E-state index in [4.69, 9.17) is 5.73 Å². The number of carbonyl (C=O) groups is 2. The van der Waals surface area contributed by atoms with Crippen molar-refractivity contribution in [2.45, 2.75) is 45.3 Å². The second-order valence-corrected chi connectivity index (χ2v) is 6.73. The summed E-state index contributed by atoms with van der Waals surface area (Å²) >= 11 is 0. The number of benzene rings is 2. The largest absolute Gasteiger partial charge is 0.350 e. The summed E-state index contributed by atoms with van der Waals surface area (Å²) in [6.45, 7) is 5.98. The van der Waals surface area contributed by atoms with Crippen LogP contribution in [0.5, 0.6) is 0 Å². The van der Waals surface area contributed by atoms with E-state index in [0.29, 0.717) is 12.1 Å². The van der Waals surface area contributed by atoms with Crippen LogP contribution < -0.4 is 16.4 Å². The summed E-state index contributed by atoms with van der Waals surface area (Å²) in [5.41, 5.74) is 7.27. The quantitative estimate of drug-likeness (QED) is 0.680. The van der Waals surface area contributed by atoms with Gasteiger partial charge in [-0.3, -0.25) is 9.59 Å². The first-order chi connectivity index (χ1) is 12.3. The molecule has 0 bridgehead atoms. The highest BCUT2D eigenvalue weighted by atomic mass is 35.5. The maximum atomic E-state index is 12.5. The lowest BCUT2D eigenvalue weighted by Crippen LogP contribution is -2.48. The van der Waals surface area contributed by atoms with Crippen LogP contribution in [0.1, 0.15) is 48.7 Å². The summed E-state index contributed by atoms with van der Waals surface area (Å²) < 4.78 is 0. The first-order valence-electron chi connectivity index (χ1n) is 8.87. The Morgan fingerprint density at radius 3 is 2.41 bits per heavy atom. The number of hydrogen-bond donors (Lipinski definition) is 3. The van der Waals surface area contributed by atoms with Crippen LogP contribution in [0.25, 0.3) is 0 Å². The van der Waals surface area contributed by atoms with Gasteiger partial charge < -0.3 is 16.4 Å². The first-order valence-corrected chi connectivity index (χ1v) is 8.87. The number of amides is 2. The number of hydrogen-bond acceptors (Lipinski definition) is 3. The van der Waals surface area contributed by atoms with Crippen LogP contribution in [0.2, 0.25) is 0 Å². The minimum absolute atomic E-state index is 0. The Hall–Kier alpha value is -2.37. The van der Waals surface area contributed by atoms with Crippen LogP contribution in [0.3, 0.4) is 0 Å². The Balaban J connectivity index is 0.00000364. The average molecular weight is 390 g/mol. The van der Waals surface area contributed by atoms with Gasteiger partial charge in [-0.2, -0.15) is 0 Å². The maximum Gasteiger partial charge on any atom is 0.251 e. The summed E-state index contributed by atoms with van der Waals surface area (Å²) in [5.74, 6) is -0.376. The van der Waals surface area contributed by atoms with E-state index in [1.807, 2.05) is 56.3 Å². The van der Waals surface area contributed by atoms with Crippen molar-refractivity contribution in [3.63, 3.8) is 0 Å². The molecule has 0 radical (unpaired) electrons. The van der Waals surface area contributed by atoms with E-state index < -0.39 is 5.54 Å². The summed E-state index contributed by atoms with van der Waals surface area (Å²) in [6.07, 6.45) is 0.871. The molecule has 0 saturated heterocycles. The van der Waals surface area contributed by atoms with Crippen LogP contribution in [0.15, 0.2) is 54.6 Å². The topological polar surface area (TPSA) is 84.2 Å². The van der Waals surface area contributed by atoms with E-state index in [9.17, 15) is 9.59 Å². The number of halogens is 1. The Kier molecular flexibility index (Phi) is 8.47. The lowest BCUT2D eigenvalue weighted by Gasteiger charge is -2.24. The number of rotatable bonds is 7. The molecule has 6 heteroatoms. The van der Waals surface area contributed by atoms with Gasteiger partial charge in [-0.25, -0.2) is 0 Å². The van der Waals surface area contributed by atoms with Gasteiger partial charge in [0.05, 0.1) is 0 Å². The molecule has 0 spiro atoms. The van der Waals surface area contributed by atoms with Gasteiger partial charge >= 0.3 is 0 Å². The molecule has 0 fully saturated rings. The Morgan fingerprint density at radius 1 is 1.11 bits per heavy atom. The second-order valence-electron chi connectivity index (χ2n) is 6.73. The summed E-state index contributed by atoms with van der Waals surface area (Å²) in [5, 5.41) is 5.80. The lowest BCUT2D eigenvalue weighted by atomic mass is 9.92. The fourth-order valence-corrected chi connectivity index (χ4v) is 2.51. The third-order valence-corrected chi connectivity index (χ3v) is 4.48. The van der Waals surface area contributed by atoms with E-state index in [2.05, 4.69) is 10.6 Å². The normalized spacial score (nSPS) is 13.6. The highest BCUT2D eigenvalue weighted by Gasteiger charge is 2.29. The molecule has 0 aromatic heterocycles. The minimum atomic E-state index is -1.12. The van der Waals surface area contributed by atoms with Gasteiger partial charge in [-0.05, 0) is 43.5 Å². The van der Waals surface area contributed by atoms with Gasteiger partial charge in [0.25, 0.3) is 5.91 Å². The van der Waals surface area contributed by atoms with Crippen molar-refractivity contribution >= 4 is 24.2 Å². The van der Waals surface area contributed by atoms with E-state index in [-0.39, 0.29) is 30.3 Å². The maximum absolute atomic E-state index is 12.5. The molecule has 0 heterocycles. The Morgan fingerprint density at radius 2 is 1.78 bits per heavy atom. The third kappa shape index (κ3) is 6.08. The van der Waals surface area contributed by atoms with Crippen molar-refractivity contribution in [2.75, 3.05) is 0 Å². The van der Waals surface area contributed by atoms with Gasteiger partial charge in [0, 0.05) is 18.2 Å². The molecule has 2 rings (SSSR count). The highest BCUT2D eigenvalue weighted by molar-refractivity contribution is 5.94. The second kappa shape index (κ2) is 10.1. The van der Waals surface area contributed by atoms with Gasteiger partial charge in [0.2, 0.25) is 5.91 Å². The molecule has 27 heavy (non-hydrogen) atoms. The van der Waals surface area contributed by atoms with Gasteiger partial charge in [0.1, 0.15) is 5.54 Å². The molecule has 0 aliphatic heterocycles. The van der Waals surface area contributed by atoms with Gasteiger partial charge in [0.15, 0.2) is 0 Å². The van der Waals surface area contributed by atoms with Crippen LogP contribution in [0, 0.1) is 0 Å². The summed E-state index contributed by atoms with van der Waals surface area (Å²) in [4.78, 5) is 24.8. The molecule has 0 saturated carbocycles. The highest BCUT2D eigenvalue weighted by Crippen LogP contribution is 2.17. The lowest BCUT2D eigenvalue weighted by molar-refractivity contribution is -0.126. The number of carbonyl (C=O) groups excluding carboxylic acids is 2. The fraction of sp³-hybridized carbons (Fsp3) is 0.333. The van der Waals surface area contributed by atoms with Crippen molar-refractivity contribution in [3.05, 3.63) is 71.3 Å². The van der Waals surface area contributed by atoms with Crippen molar-refractivity contribution in [2.24, 2.45) is 5.73 Å². The minimum Gasteiger partial charge on any atom is -0.350 e. The molecule has 5 nitrogen and oxygen atoms in total. The fourth-order valence-electron chi connectivity index (χ4n) is 2.51. The Labute approximate surface area is 167 Å². The van der Waals surface area contributed by atoms with Crippen molar-refractivity contribution in [1.29, 1.82) is 0 Å². The SMILES string of the molecule is CCC(C)NC(=O)c1cccc(CNC(=O)C(C)(N)c2ccccc2)c1.Cl. The third-order valence-electron chi connectivity index (χ3n) is 4.48. The molecular formula is C21H28ClN3O2. The standard InChI is InChI=1S/C21H27N3O2.ClH/c1-4-15(2)24-19(25)17-10-8-9-16(13-17)14-23-20(26)21(3,22)18-11-6-5-7-12-18;/h5-13,15H,4,14,22H2,1-3H3,(H,23,26)(H,24,25);1H. The van der Waals surface area contributed by atoms with Crippen molar-refractivity contribution < 1.29 is 9.59 Å². The molecule has 2 aromatic rings. The zero-order chi connectivity index (χ0) is 19.2. The molecular weight excluding hydrogens is 362 g/mol. The van der Waals surface area contributed by atoms with Crippen LogP contribution in [-0.4, -0.2) is 17.9 Å². The smallest absolute Gasteiger partial charge is 0.251 e. The zero-order valence-corrected chi connectivity index (χ0v) is 16.8. The molecule has 2 aromatic carbocycles. The molecule has 2 amide bonds. The predicted molar refractivity (Wildman–Crippen MR) is 111 cm³/mol. The number of nitrogens with two attached hydrogens (primary N) is 1.